The van der Waals surface area contributed by atoms with Crippen molar-refractivity contribution in [2.24, 2.45) is 0 Å². The number of thiazole rings is 1. The van der Waals surface area contributed by atoms with Crippen molar-refractivity contribution >= 4 is 44.0 Å². The normalized spacial score (nSPS) is 10.6. The Labute approximate surface area is 141 Å². The summed E-state index contributed by atoms with van der Waals surface area (Å²) >= 11 is 1.36. The predicted octanol–water partition coefficient (Wildman–Crippen LogP) is 2.81. The van der Waals surface area contributed by atoms with Gasteiger partial charge in [0.2, 0.25) is 11.6 Å². The van der Waals surface area contributed by atoms with E-state index in [1.165, 1.54) is 17.7 Å². The van der Waals surface area contributed by atoms with Gasteiger partial charge in [-0.05, 0) is 18.2 Å². The fourth-order valence-corrected chi connectivity index (χ4v) is 3.04. The maximum atomic E-state index is 11.4. The van der Waals surface area contributed by atoms with E-state index >= 15 is 0 Å². The monoisotopic (exact) mass is 346 g/mol. The van der Waals surface area contributed by atoms with Gasteiger partial charge in [0.05, 0.1) is 22.2 Å². The zero-order chi connectivity index (χ0) is 17.3. The van der Waals surface area contributed by atoms with Crippen LogP contribution in [0.5, 0.6) is 5.75 Å². The number of ether oxygens (including phenoxy) is 1. The van der Waals surface area contributed by atoms with Crippen molar-refractivity contribution in [3.8, 4) is 5.75 Å². The standard InChI is InChI=1S/C14H14N6O3S/c1-19(2)13-11(20(21)22)12(15-7-16-13)18-14-17-9-5-4-8(23-3)6-10(9)24-14/h4-7H,1-3H3,(H,15,16,17,18). The van der Waals surface area contributed by atoms with Gasteiger partial charge in [0.1, 0.15) is 12.1 Å². The van der Waals surface area contributed by atoms with Crippen LogP contribution in [0.3, 0.4) is 0 Å². The molecule has 2 heterocycles. The first-order valence-electron chi connectivity index (χ1n) is 6.88. The van der Waals surface area contributed by atoms with E-state index in [-0.39, 0.29) is 17.3 Å². The molecule has 10 heteroatoms. The summed E-state index contributed by atoms with van der Waals surface area (Å²) < 4.78 is 6.09. The molecule has 0 bridgehead atoms. The van der Waals surface area contributed by atoms with E-state index in [0.717, 1.165) is 16.0 Å². The molecule has 2 aromatic heterocycles. The third-order valence-electron chi connectivity index (χ3n) is 3.23. The second-order valence-corrected chi connectivity index (χ2v) is 6.05. The zero-order valence-corrected chi connectivity index (χ0v) is 14.0. The number of hydrogen-bond acceptors (Lipinski definition) is 9. The molecule has 124 valence electrons. The van der Waals surface area contributed by atoms with Gasteiger partial charge >= 0.3 is 5.69 Å². The molecular formula is C14H14N6O3S. The predicted molar refractivity (Wildman–Crippen MR) is 92.5 cm³/mol. The highest BCUT2D eigenvalue weighted by Crippen LogP contribution is 2.35. The van der Waals surface area contributed by atoms with Crippen LogP contribution in [0.25, 0.3) is 10.2 Å². The molecule has 0 amide bonds. The van der Waals surface area contributed by atoms with Crippen molar-refractivity contribution < 1.29 is 9.66 Å². The number of anilines is 3. The Bertz CT molecular complexity index is 911. The Morgan fingerprint density at radius 1 is 1.33 bits per heavy atom. The molecule has 0 aliphatic rings. The highest BCUT2D eigenvalue weighted by molar-refractivity contribution is 7.22. The summed E-state index contributed by atoms with van der Waals surface area (Å²) in [7, 11) is 4.96. The average molecular weight is 346 g/mol. The number of aromatic nitrogens is 3. The molecule has 0 aliphatic carbocycles. The number of nitrogens with one attached hydrogen (secondary N) is 1. The highest BCUT2D eigenvalue weighted by atomic mass is 32.1. The molecule has 0 aliphatic heterocycles. The number of nitrogens with zero attached hydrogens (tertiary/aromatic N) is 5. The van der Waals surface area contributed by atoms with Crippen LogP contribution >= 0.6 is 11.3 Å². The van der Waals surface area contributed by atoms with Crippen LogP contribution in [0, 0.1) is 10.1 Å². The van der Waals surface area contributed by atoms with Gasteiger partial charge in [-0.25, -0.2) is 15.0 Å². The second-order valence-electron chi connectivity index (χ2n) is 5.02. The molecule has 0 fully saturated rings. The summed E-state index contributed by atoms with van der Waals surface area (Å²) in [5, 5.41) is 14.8. The number of methoxy groups -OCH3 is 1. The van der Waals surface area contributed by atoms with E-state index in [2.05, 4.69) is 20.3 Å². The number of rotatable bonds is 5. The van der Waals surface area contributed by atoms with Crippen LogP contribution in [0.15, 0.2) is 24.5 Å². The van der Waals surface area contributed by atoms with Gasteiger partial charge in [-0.2, -0.15) is 0 Å². The summed E-state index contributed by atoms with van der Waals surface area (Å²) in [5.41, 5.74) is 0.576. The lowest BCUT2D eigenvalue weighted by Gasteiger charge is -2.12. The van der Waals surface area contributed by atoms with Crippen molar-refractivity contribution in [2.45, 2.75) is 0 Å². The van der Waals surface area contributed by atoms with E-state index in [0.29, 0.717) is 5.13 Å². The molecule has 9 nitrogen and oxygen atoms in total. The average Bonchev–Trinajstić information content (AvgIpc) is 2.95. The molecule has 24 heavy (non-hydrogen) atoms. The largest absolute Gasteiger partial charge is 0.497 e. The van der Waals surface area contributed by atoms with Crippen LogP contribution in [0.1, 0.15) is 0 Å². The van der Waals surface area contributed by atoms with Crippen LogP contribution in [0.4, 0.5) is 22.5 Å². The molecule has 1 N–H and O–H groups in total. The summed E-state index contributed by atoms with van der Waals surface area (Å²) in [5.74, 6) is 1.05. The van der Waals surface area contributed by atoms with Gasteiger partial charge in [0, 0.05) is 14.1 Å². The molecule has 0 saturated heterocycles. The quantitative estimate of drug-likeness (QED) is 0.555. The Morgan fingerprint density at radius 3 is 2.79 bits per heavy atom. The van der Waals surface area contributed by atoms with Crippen molar-refractivity contribution in [1.29, 1.82) is 0 Å². The summed E-state index contributed by atoms with van der Waals surface area (Å²) in [6, 6.07) is 5.50. The first-order chi connectivity index (χ1) is 11.5. The molecule has 0 spiro atoms. The smallest absolute Gasteiger partial charge is 0.353 e. The number of hydrogen-bond donors (Lipinski definition) is 1. The minimum Gasteiger partial charge on any atom is -0.497 e. The van der Waals surface area contributed by atoms with Crippen molar-refractivity contribution in [3.63, 3.8) is 0 Å². The fraction of sp³-hybridized carbons (Fsp3) is 0.214. The molecule has 0 unspecified atom stereocenters. The molecule has 0 atom stereocenters. The summed E-state index contributed by atoms with van der Waals surface area (Å²) in [6.07, 6.45) is 1.28. The molecule has 1 aromatic carbocycles. The lowest BCUT2D eigenvalue weighted by molar-refractivity contribution is -0.383. The maximum absolute atomic E-state index is 11.4. The van der Waals surface area contributed by atoms with E-state index in [1.807, 2.05) is 18.2 Å². The van der Waals surface area contributed by atoms with Gasteiger partial charge < -0.3 is 15.0 Å². The Balaban J connectivity index is 2.02. The molecule has 0 radical (unpaired) electrons. The lowest BCUT2D eigenvalue weighted by Crippen LogP contribution is -2.14. The fourth-order valence-electron chi connectivity index (χ4n) is 2.14. The van der Waals surface area contributed by atoms with E-state index < -0.39 is 4.92 Å². The number of nitro groups is 1. The van der Waals surface area contributed by atoms with Crippen molar-refractivity contribution in [1.82, 2.24) is 15.0 Å². The highest BCUT2D eigenvalue weighted by Gasteiger charge is 2.25. The van der Waals surface area contributed by atoms with Crippen LogP contribution in [-0.4, -0.2) is 41.1 Å². The molecule has 3 rings (SSSR count). The van der Waals surface area contributed by atoms with Gasteiger partial charge in [0.25, 0.3) is 0 Å². The van der Waals surface area contributed by atoms with Crippen molar-refractivity contribution in [2.75, 3.05) is 31.4 Å². The zero-order valence-electron chi connectivity index (χ0n) is 13.2. The Kier molecular flexibility index (Phi) is 4.13. The van der Waals surface area contributed by atoms with E-state index in [9.17, 15) is 10.1 Å². The minimum atomic E-state index is -0.506. The Hall–Kier alpha value is -3.01. The van der Waals surface area contributed by atoms with Crippen LogP contribution in [0.2, 0.25) is 0 Å². The van der Waals surface area contributed by atoms with Gasteiger partial charge in [-0.3, -0.25) is 10.1 Å². The number of benzene rings is 1. The first kappa shape index (κ1) is 15.9. The minimum absolute atomic E-state index is 0.102. The van der Waals surface area contributed by atoms with Gasteiger partial charge in [-0.1, -0.05) is 11.3 Å². The van der Waals surface area contributed by atoms with Crippen LogP contribution < -0.4 is 15.0 Å². The maximum Gasteiger partial charge on any atom is 0.353 e. The van der Waals surface area contributed by atoms with Crippen LogP contribution in [-0.2, 0) is 0 Å². The third kappa shape index (κ3) is 2.91. The van der Waals surface area contributed by atoms with Crippen molar-refractivity contribution in [3.05, 3.63) is 34.6 Å². The van der Waals surface area contributed by atoms with E-state index in [1.54, 1.807) is 26.1 Å². The van der Waals surface area contributed by atoms with E-state index in [4.69, 9.17) is 4.74 Å². The lowest BCUT2D eigenvalue weighted by atomic mass is 10.3. The molecular weight excluding hydrogens is 332 g/mol. The van der Waals surface area contributed by atoms with Gasteiger partial charge in [0.15, 0.2) is 5.13 Å². The first-order valence-corrected chi connectivity index (χ1v) is 7.69. The summed E-state index contributed by atoms with van der Waals surface area (Å²) in [6.45, 7) is 0. The topological polar surface area (TPSA) is 106 Å². The number of fused-ring (bicyclic) bond motifs is 1. The Morgan fingerprint density at radius 2 is 2.12 bits per heavy atom. The SMILES string of the molecule is COc1ccc2nc(Nc3ncnc(N(C)C)c3[N+](=O)[O-])sc2c1. The molecule has 0 saturated carbocycles. The molecule has 3 aromatic rings. The second kappa shape index (κ2) is 6.24. The summed E-state index contributed by atoms with van der Waals surface area (Å²) in [4.78, 5) is 24.9. The van der Waals surface area contributed by atoms with Gasteiger partial charge in [-0.15, -0.1) is 0 Å². The third-order valence-corrected chi connectivity index (χ3v) is 4.16.